The monoisotopic (exact) mass is 243 g/mol. The zero-order valence-corrected chi connectivity index (χ0v) is 9.42. The standard InChI is InChI=1S/C11H12F3N3/c1-6(2)17-9-7(15)4-3-5-8(9)16-10(17)11(12,13)14/h3-6H,15H2,1-2H3. The summed E-state index contributed by atoms with van der Waals surface area (Å²) in [5, 5.41) is 0. The molecule has 2 aromatic rings. The number of rotatable bonds is 1. The van der Waals surface area contributed by atoms with Crippen molar-refractivity contribution in [1.82, 2.24) is 9.55 Å². The fourth-order valence-corrected chi connectivity index (χ4v) is 1.88. The number of nitrogens with zero attached hydrogens (tertiary/aromatic N) is 2. The molecule has 17 heavy (non-hydrogen) atoms. The van der Waals surface area contributed by atoms with Gasteiger partial charge in [-0.1, -0.05) is 6.07 Å². The summed E-state index contributed by atoms with van der Waals surface area (Å²) in [6.45, 7) is 3.34. The van der Waals surface area contributed by atoms with Crippen LogP contribution >= 0.6 is 0 Å². The van der Waals surface area contributed by atoms with Gasteiger partial charge in [0.2, 0.25) is 5.82 Å². The first-order chi connectivity index (χ1) is 7.82. The SMILES string of the molecule is CC(C)n1c(C(F)(F)F)nc2cccc(N)c21. The second kappa shape index (κ2) is 3.65. The minimum Gasteiger partial charge on any atom is -0.397 e. The molecule has 2 N–H and O–H groups in total. The number of fused-ring (bicyclic) bond motifs is 1. The number of nitrogens with two attached hydrogens (primary N) is 1. The summed E-state index contributed by atoms with van der Waals surface area (Å²) in [6, 6.07) is 4.33. The van der Waals surface area contributed by atoms with Crippen LogP contribution < -0.4 is 5.73 Å². The lowest BCUT2D eigenvalue weighted by Crippen LogP contribution is -2.16. The lowest BCUT2D eigenvalue weighted by atomic mass is 10.2. The Morgan fingerprint density at radius 1 is 1.29 bits per heavy atom. The molecule has 2 rings (SSSR count). The van der Waals surface area contributed by atoms with E-state index in [1.54, 1.807) is 26.0 Å². The first-order valence-corrected chi connectivity index (χ1v) is 5.16. The second-order valence-corrected chi connectivity index (χ2v) is 4.11. The van der Waals surface area contributed by atoms with Crippen molar-refractivity contribution in [3.63, 3.8) is 0 Å². The van der Waals surface area contributed by atoms with E-state index in [1.807, 2.05) is 0 Å². The van der Waals surface area contributed by atoms with Gasteiger partial charge in [-0.15, -0.1) is 0 Å². The molecule has 0 aliphatic rings. The van der Waals surface area contributed by atoms with Gasteiger partial charge in [0.15, 0.2) is 0 Å². The molecule has 0 fully saturated rings. The molecule has 0 saturated heterocycles. The summed E-state index contributed by atoms with van der Waals surface area (Å²) in [5.41, 5.74) is 6.64. The molecule has 1 aromatic carbocycles. The van der Waals surface area contributed by atoms with Crippen molar-refractivity contribution in [2.75, 3.05) is 5.73 Å². The third-order valence-electron chi connectivity index (χ3n) is 2.51. The van der Waals surface area contributed by atoms with Crippen LogP contribution in [0.4, 0.5) is 18.9 Å². The van der Waals surface area contributed by atoms with Crippen LogP contribution in [0.2, 0.25) is 0 Å². The molecule has 0 saturated carbocycles. The Labute approximate surface area is 96.0 Å². The fraction of sp³-hybridized carbons (Fsp3) is 0.364. The number of hydrogen-bond donors (Lipinski definition) is 1. The number of aromatic nitrogens is 2. The Kier molecular flexibility index (Phi) is 2.52. The minimum atomic E-state index is -4.48. The van der Waals surface area contributed by atoms with Gasteiger partial charge < -0.3 is 10.3 Å². The average molecular weight is 243 g/mol. The van der Waals surface area contributed by atoms with E-state index in [0.29, 0.717) is 11.2 Å². The Morgan fingerprint density at radius 3 is 2.47 bits per heavy atom. The minimum absolute atomic E-state index is 0.269. The molecule has 0 aliphatic heterocycles. The quantitative estimate of drug-likeness (QED) is 0.781. The zero-order valence-electron chi connectivity index (χ0n) is 9.42. The summed E-state index contributed by atoms with van der Waals surface area (Å²) < 4.78 is 39.7. The predicted octanol–water partition coefficient (Wildman–Crippen LogP) is 3.22. The van der Waals surface area contributed by atoms with Crippen LogP contribution in [0.1, 0.15) is 25.7 Å². The molecule has 0 atom stereocenters. The van der Waals surface area contributed by atoms with E-state index in [2.05, 4.69) is 4.98 Å². The zero-order chi connectivity index (χ0) is 12.8. The van der Waals surface area contributed by atoms with Crippen LogP contribution in [0.15, 0.2) is 18.2 Å². The molecule has 3 nitrogen and oxygen atoms in total. The van der Waals surface area contributed by atoms with E-state index in [4.69, 9.17) is 5.73 Å². The average Bonchev–Trinajstić information content (AvgIpc) is 2.57. The lowest BCUT2D eigenvalue weighted by molar-refractivity contribution is -0.147. The highest BCUT2D eigenvalue weighted by molar-refractivity contribution is 5.88. The highest BCUT2D eigenvalue weighted by atomic mass is 19.4. The van der Waals surface area contributed by atoms with Crippen molar-refractivity contribution in [2.45, 2.75) is 26.1 Å². The van der Waals surface area contributed by atoms with Crippen molar-refractivity contribution in [2.24, 2.45) is 0 Å². The first-order valence-electron chi connectivity index (χ1n) is 5.16. The second-order valence-electron chi connectivity index (χ2n) is 4.11. The highest BCUT2D eigenvalue weighted by Crippen LogP contribution is 2.35. The number of nitrogen functional groups attached to an aromatic ring is 1. The van der Waals surface area contributed by atoms with Gasteiger partial charge in [0.1, 0.15) is 0 Å². The first kappa shape index (κ1) is 11.8. The van der Waals surface area contributed by atoms with Crippen molar-refractivity contribution >= 4 is 16.7 Å². The number of halogens is 3. The number of benzene rings is 1. The summed E-state index contributed by atoms with van der Waals surface area (Å²) in [5.74, 6) is -0.902. The maximum Gasteiger partial charge on any atom is 0.449 e. The third-order valence-corrected chi connectivity index (χ3v) is 2.51. The summed E-state index contributed by atoms with van der Waals surface area (Å²) >= 11 is 0. The Hall–Kier alpha value is -1.72. The van der Waals surface area contributed by atoms with Gasteiger partial charge in [0.25, 0.3) is 0 Å². The molecule has 0 unspecified atom stereocenters. The number of anilines is 1. The molecular weight excluding hydrogens is 231 g/mol. The molecule has 0 bridgehead atoms. The smallest absolute Gasteiger partial charge is 0.397 e. The van der Waals surface area contributed by atoms with Crippen molar-refractivity contribution < 1.29 is 13.2 Å². The van der Waals surface area contributed by atoms with Crippen LogP contribution in [-0.2, 0) is 6.18 Å². The van der Waals surface area contributed by atoms with E-state index >= 15 is 0 Å². The molecule has 1 aromatic heterocycles. The molecule has 0 amide bonds. The van der Waals surface area contributed by atoms with Gasteiger partial charge in [-0.25, -0.2) is 4.98 Å². The van der Waals surface area contributed by atoms with Crippen LogP contribution in [0.5, 0.6) is 0 Å². The van der Waals surface area contributed by atoms with Gasteiger partial charge >= 0.3 is 6.18 Å². The molecular formula is C11H12F3N3. The normalized spacial score (nSPS) is 12.6. The van der Waals surface area contributed by atoms with Crippen molar-refractivity contribution in [3.05, 3.63) is 24.0 Å². The van der Waals surface area contributed by atoms with Gasteiger partial charge in [0, 0.05) is 6.04 Å². The summed E-state index contributed by atoms with van der Waals surface area (Å²) in [6.07, 6.45) is -4.48. The number of hydrogen-bond acceptors (Lipinski definition) is 2. The summed E-state index contributed by atoms with van der Waals surface area (Å²) in [7, 11) is 0. The molecule has 6 heteroatoms. The van der Waals surface area contributed by atoms with E-state index in [-0.39, 0.29) is 11.6 Å². The van der Waals surface area contributed by atoms with Crippen LogP contribution in [-0.4, -0.2) is 9.55 Å². The van der Waals surface area contributed by atoms with Crippen LogP contribution in [0.25, 0.3) is 11.0 Å². The summed E-state index contributed by atoms with van der Waals surface area (Å²) in [4.78, 5) is 3.62. The highest BCUT2D eigenvalue weighted by Gasteiger charge is 2.38. The van der Waals surface area contributed by atoms with E-state index in [1.165, 1.54) is 6.07 Å². The van der Waals surface area contributed by atoms with E-state index in [9.17, 15) is 13.2 Å². The fourth-order valence-electron chi connectivity index (χ4n) is 1.88. The molecule has 1 heterocycles. The topological polar surface area (TPSA) is 43.8 Å². The van der Waals surface area contributed by atoms with Crippen molar-refractivity contribution in [3.8, 4) is 0 Å². The van der Waals surface area contributed by atoms with Crippen molar-refractivity contribution in [1.29, 1.82) is 0 Å². The van der Waals surface area contributed by atoms with E-state index < -0.39 is 12.0 Å². The Bertz CT molecular complexity index is 555. The Balaban J connectivity index is 2.86. The molecule has 0 spiro atoms. The molecule has 0 radical (unpaired) electrons. The van der Waals surface area contributed by atoms with Crippen LogP contribution in [0, 0.1) is 0 Å². The van der Waals surface area contributed by atoms with Gasteiger partial charge in [-0.2, -0.15) is 13.2 Å². The number of imidazole rings is 1. The molecule has 92 valence electrons. The number of alkyl halides is 3. The third kappa shape index (κ3) is 1.83. The maximum atomic E-state index is 12.9. The van der Waals surface area contributed by atoms with Gasteiger partial charge in [-0.05, 0) is 26.0 Å². The predicted molar refractivity (Wildman–Crippen MR) is 59.5 cm³/mol. The Morgan fingerprint density at radius 2 is 1.94 bits per heavy atom. The number of para-hydroxylation sites is 1. The van der Waals surface area contributed by atoms with Gasteiger partial charge in [-0.3, -0.25) is 0 Å². The van der Waals surface area contributed by atoms with E-state index in [0.717, 1.165) is 4.57 Å². The lowest BCUT2D eigenvalue weighted by Gasteiger charge is -2.15. The van der Waals surface area contributed by atoms with Gasteiger partial charge in [0.05, 0.1) is 16.7 Å². The maximum absolute atomic E-state index is 12.9. The van der Waals surface area contributed by atoms with Crippen LogP contribution in [0.3, 0.4) is 0 Å². The largest absolute Gasteiger partial charge is 0.449 e. The molecule has 0 aliphatic carbocycles.